The lowest BCUT2D eigenvalue weighted by molar-refractivity contribution is -0.122. The molecule has 0 saturated carbocycles. The van der Waals surface area contributed by atoms with Gasteiger partial charge in [-0.05, 0) is 18.6 Å². The molecule has 2 rings (SSSR count). The van der Waals surface area contributed by atoms with Crippen LogP contribution in [0.1, 0.15) is 17.2 Å². The van der Waals surface area contributed by atoms with Crippen LogP contribution in [0.25, 0.3) is 0 Å². The number of nitrogens with two attached hydrogens (primary N) is 1. The molecule has 5 nitrogen and oxygen atoms in total. The summed E-state index contributed by atoms with van der Waals surface area (Å²) in [6.45, 7) is 1.95. The highest BCUT2D eigenvalue weighted by molar-refractivity contribution is 7.99. The molecular formula is C14H18N4OS. The molecule has 0 radical (unpaired) electrons. The van der Waals surface area contributed by atoms with Crippen LogP contribution in [0.2, 0.25) is 0 Å². The van der Waals surface area contributed by atoms with Gasteiger partial charge in [0.25, 0.3) is 0 Å². The summed E-state index contributed by atoms with van der Waals surface area (Å²) in [5.41, 5.74) is 4.17. The maximum Gasteiger partial charge on any atom is 0.242 e. The molecule has 1 amide bonds. The molecular weight excluding hydrogens is 272 g/mol. The van der Waals surface area contributed by atoms with E-state index in [1.807, 2.05) is 55.1 Å². The first-order chi connectivity index (χ1) is 9.61. The first-order valence-corrected chi connectivity index (χ1v) is 7.29. The fourth-order valence-corrected chi connectivity index (χ4v) is 3.16. The Morgan fingerprint density at radius 2 is 2.15 bits per heavy atom. The number of aromatic nitrogens is 2. The minimum Gasteiger partial charge on any atom is -0.294 e. The molecule has 1 heterocycles. The number of carbonyl (C=O) groups is 1. The van der Waals surface area contributed by atoms with Crippen molar-refractivity contribution in [3.05, 3.63) is 47.7 Å². The number of carbonyl (C=O) groups excluding carboxylic acids is 1. The zero-order valence-electron chi connectivity index (χ0n) is 11.5. The number of nitrogens with zero attached hydrogens (tertiary/aromatic N) is 2. The molecule has 0 aliphatic carbocycles. The SMILES string of the molecule is Cc1cc(SCC(C(=O)NN)c2ccccc2)n(C)n1. The van der Waals surface area contributed by atoms with Gasteiger partial charge in [-0.1, -0.05) is 30.3 Å². The molecule has 0 fully saturated rings. The number of benzene rings is 1. The molecule has 1 aromatic heterocycles. The van der Waals surface area contributed by atoms with Crippen molar-refractivity contribution >= 4 is 17.7 Å². The molecule has 1 atom stereocenters. The average Bonchev–Trinajstić information content (AvgIpc) is 2.78. The van der Waals surface area contributed by atoms with E-state index < -0.39 is 0 Å². The number of hydrogen-bond acceptors (Lipinski definition) is 4. The molecule has 106 valence electrons. The van der Waals surface area contributed by atoms with Gasteiger partial charge in [-0.2, -0.15) is 5.10 Å². The molecule has 3 N–H and O–H groups in total. The summed E-state index contributed by atoms with van der Waals surface area (Å²) < 4.78 is 1.82. The van der Waals surface area contributed by atoms with Gasteiger partial charge < -0.3 is 0 Å². The molecule has 0 aliphatic heterocycles. The van der Waals surface area contributed by atoms with Gasteiger partial charge >= 0.3 is 0 Å². The number of nitrogens with one attached hydrogen (secondary N) is 1. The van der Waals surface area contributed by atoms with Gasteiger partial charge in [0.1, 0.15) is 0 Å². The first kappa shape index (κ1) is 14.6. The van der Waals surface area contributed by atoms with Crippen molar-refractivity contribution in [3.63, 3.8) is 0 Å². The number of aryl methyl sites for hydroxylation is 2. The Balaban J connectivity index is 2.13. The minimum absolute atomic E-state index is 0.178. The minimum atomic E-state index is -0.276. The number of thioether (sulfide) groups is 1. The Bertz CT molecular complexity index is 582. The Morgan fingerprint density at radius 1 is 1.45 bits per heavy atom. The van der Waals surface area contributed by atoms with Gasteiger partial charge in [-0.15, -0.1) is 11.8 Å². The van der Waals surface area contributed by atoms with Crippen LogP contribution in [0.15, 0.2) is 41.4 Å². The van der Waals surface area contributed by atoms with Gasteiger partial charge in [0, 0.05) is 12.8 Å². The summed E-state index contributed by atoms with van der Waals surface area (Å²) in [6, 6.07) is 11.7. The molecule has 0 spiro atoms. The highest BCUT2D eigenvalue weighted by atomic mass is 32.2. The van der Waals surface area contributed by atoms with Crippen LogP contribution in [-0.2, 0) is 11.8 Å². The smallest absolute Gasteiger partial charge is 0.242 e. The van der Waals surface area contributed by atoms with E-state index in [4.69, 9.17) is 5.84 Å². The van der Waals surface area contributed by atoms with Crippen molar-refractivity contribution in [2.75, 3.05) is 5.75 Å². The van der Waals surface area contributed by atoms with Gasteiger partial charge in [-0.25, -0.2) is 5.84 Å². The van der Waals surface area contributed by atoms with E-state index in [1.165, 1.54) is 0 Å². The summed E-state index contributed by atoms with van der Waals surface area (Å²) in [4.78, 5) is 12.0. The van der Waals surface area contributed by atoms with Crippen molar-refractivity contribution < 1.29 is 4.79 Å². The summed E-state index contributed by atoms with van der Waals surface area (Å²) in [7, 11) is 1.90. The van der Waals surface area contributed by atoms with E-state index in [1.54, 1.807) is 11.8 Å². The van der Waals surface area contributed by atoms with E-state index >= 15 is 0 Å². The van der Waals surface area contributed by atoms with Crippen LogP contribution in [-0.4, -0.2) is 21.4 Å². The summed E-state index contributed by atoms with van der Waals surface area (Å²) >= 11 is 1.60. The Labute approximate surface area is 122 Å². The second-order valence-corrected chi connectivity index (χ2v) is 5.57. The lowest BCUT2D eigenvalue weighted by Crippen LogP contribution is -2.35. The first-order valence-electron chi connectivity index (χ1n) is 6.30. The van der Waals surface area contributed by atoms with Crippen molar-refractivity contribution in [3.8, 4) is 0 Å². The second-order valence-electron chi connectivity index (χ2n) is 4.53. The van der Waals surface area contributed by atoms with E-state index in [9.17, 15) is 4.79 Å². The van der Waals surface area contributed by atoms with E-state index in [0.717, 1.165) is 16.3 Å². The van der Waals surface area contributed by atoms with Gasteiger partial charge in [0.2, 0.25) is 5.91 Å². The van der Waals surface area contributed by atoms with Crippen molar-refractivity contribution in [2.24, 2.45) is 12.9 Å². The fraction of sp³-hybridized carbons (Fsp3) is 0.286. The van der Waals surface area contributed by atoms with Crippen molar-refractivity contribution in [2.45, 2.75) is 17.9 Å². The van der Waals surface area contributed by atoms with Gasteiger partial charge in [0.05, 0.1) is 16.6 Å². The maximum absolute atomic E-state index is 12.0. The number of amides is 1. The van der Waals surface area contributed by atoms with Crippen molar-refractivity contribution in [1.82, 2.24) is 15.2 Å². The Kier molecular flexibility index (Phi) is 4.81. The standard InChI is InChI=1S/C14H18N4OS/c1-10-8-13(18(2)17-10)20-9-12(14(19)16-15)11-6-4-3-5-7-11/h3-8,12H,9,15H2,1-2H3,(H,16,19). The number of hydrazine groups is 1. The fourth-order valence-electron chi connectivity index (χ4n) is 2.00. The predicted octanol–water partition coefficient (Wildman–Crippen LogP) is 1.59. The third kappa shape index (κ3) is 3.40. The molecule has 0 aliphatic rings. The van der Waals surface area contributed by atoms with Gasteiger partial charge in [0.15, 0.2) is 0 Å². The Hall–Kier alpha value is -1.79. The third-order valence-corrected chi connectivity index (χ3v) is 4.20. The molecule has 1 aromatic carbocycles. The highest BCUT2D eigenvalue weighted by Crippen LogP contribution is 2.26. The zero-order valence-corrected chi connectivity index (χ0v) is 12.4. The molecule has 0 bridgehead atoms. The monoisotopic (exact) mass is 290 g/mol. The van der Waals surface area contributed by atoms with E-state index in [-0.39, 0.29) is 11.8 Å². The summed E-state index contributed by atoms with van der Waals surface area (Å²) in [6.07, 6.45) is 0. The zero-order chi connectivity index (χ0) is 14.5. The van der Waals surface area contributed by atoms with E-state index in [2.05, 4.69) is 10.5 Å². The topological polar surface area (TPSA) is 72.9 Å². The lowest BCUT2D eigenvalue weighted by atomic mass is 10.0. The number of hydrogen-bond donors (Lipinski definition) is 2. The quantitative estimate of drug-likeness (QED) is 0.380. The summed E-state index contributed by atoms with van der Waals surface area (Å²) in [5.74, 6) is 5.45. The highest BCUT2D eigenvalue weighted by Gasteiger charge is 2.20. The van der Waals surface area contributed by atoms with Crippen LogP contribution in [0.3, 0.4) is 0 Å². The Morgan fingerprint density at radius 3 is 2.70 bits per heavy atom. The predicted molar refractivity (Wildman–Crippen MR) is 80.2 cm³/mol. The molecule has 0 saturated heterocycles. The number of rotatable bonds is 5. The molecule has 20 heavy (non-hydrogen) atoms. The lowest BCUT2D eigenvalue weighted by Gasteiger charge is -2.15. The average molecular weight is 290 g/mol. The third-order valence-electron chi connectivity index (χ3n) is 3.02. The summed E-state index contributed by atoms with van der Waals surface area (Å²) in [5, 5.41) is 5.33. The maximum atomic E-state index is 12.0. The van der Waals surface area contributed by atoms with E-state index in [0.29, 0.717) is 5.75 Å². The molecule has 2 aromatic rings. The van der Waals surface area contributed by atoms with Crippen LogP contribution >= 0.6 is 11.8 Å². The second kappa shape index (κ2) is 6.58. The molecule has 1 unspecified atom stereocenters. The van der Waals surface area contributed by atoms with Crippen LogP contribution in [0, 0.1) is 6.92 Å². The van der Waals surface area contributed by atoms with Crippen LogP contribution in [0.5, 0.6) is 0 Å². The van der Waals surface area contributed by atoms with Gasteiger partial charge in [-0.3, -0.25) is 14.9 Å². The molecule has 6 heteroatoms. The largest absolute Gasteiger partial charge is 0.294 e. The normalized spacial score (nSPS) is 12.2. The van der Waals surface area contributed by atoms with Crippen molar-refractivity contribution in [1.29, 1.82) is 0 Å². The van der Waals surface area contributed by atoms with Crippen LogP contribution < -0.4 is 11.3 Å². The van der Waals surface area contributed by atoms with Crippen LogP contribution in [0.4, 0.5) is 0 Å².